The molecule has 6 heteroatoms. The summed E-state index contributed by atoms with van der Waals surface area (Å²) in [6, 6.07) is 15.3. The van der Waals surface area contributed by atoms with Gasteiger partial charge in [0.15, 0.2) is 0 Å². The molecule has 0 spiro atoms. The molecule has 0 bridgehead atoms. The van der Waals surface area contributed by atoms with E-state index >= 15 is 0 Å². The molecule has 3 rings (SSSR count). The highest BCUT2D eigenvalue weighted by Gasteiger charge is 2.26. The van der Waals surface area contributed by atoms with Crippen LogP contribution in [0.4, 0.5) is 0 Å². The van der Waals surface area contributed by atoms with Gasteiger partial charge in [0.2, 0.25) is 5.91 Å². The van der Waals surface area contributed by atoms with Crippen LogP contribution in [0, 0.1) is 6.92 Å². The molecule has 0 radical (unpaired) electrons. The largest absolute Gasteiger partial charge is 0.342 e. The van der Waals surface area contributed by atoms with Crippen LogP contribution in [0.15, 0.2) is 48.5 Å². The second-order valence-corrected chi connectivity index (χ2v) is 8.93. The topological polar surface area (TPSA) is 67.2 Å². The molecular weight excluding hydrogens is 412 g/mol. The number of carbonyl (C=O) groups excluding carboxylic acids is 2. The quantitative estimate of drug-likeness (QED) is 0.485. The van der Waals surface area contributed by atoms with Gasteiger partial charge in [0, 0.05) is 17.6 Å². The highest BCUT2D eigenvalue weighted by molar-refractivity contribution is 5.94. The third kappa shape index (κ3) is 5.44. The number of para-hydroxylation sites is 2. The van der Waals surface area contributed by atoms with Gasteiger partial charge in [-0.15, -0.1) is 0 Å². The number of hydrogen-bond acceptors (Lipinski definition) is 3. The van der Waals surface area contributed by atoms with Crippen LogP contribution >= 0.6 is 0 Å². The van der Waals surface area contributed by atoms with Crippen LogP contribution in [0.2, 0.25) is 0 Å². The van der Waals surface area contributed by atoms with Crippen molar-refractivity contribution in [1.82, 2.24) is 19.8 Å². The molecule has 0 saturated carbocycles. The second kappa shape index (κ2) is 10.6. The van der Waals surface area contributed by atoms with E-state index in [4.69, 9.17) is 4.98 Å². The minimum Gasteiger partial charge on any atom is -0.342 e. The summed E-state index contributed by atoms with van der Waals surface area (Å²) in [5, 5.41) is 3.06. The molecule has 1 aromatic heterocycles. The van der Waals surface area contributed by atoms with E-state index in [2.05, 4.69) is 33.0 Å². The molecular formula is C27H36N4O2. The molecule has 0 aliphatic carbocycles. The molecule has 0 fully saturated rings. The number of nitrogens with zero attached hydrogens (tertiary/aromatic N) is 3. The Bertz CT molecular complexity index is 1110. The van der Waals surface area contributed by atoms with E-state index in [1.807, 2.05) is 65.8 Å². The molecule has 2 amide bonds. The normalized spacial score (nSPS) is 14.0. The molecule has 1 heterocycles. The van der Waals surface area contributed by atoms with Gasteiger partial charge >= 0.3 is 0 Å². The van der Waals surface area contributed by atoms with Crippen LogP contribution in [0.3, 0.4) is 0 Å². The first-order valence-corrected chi connectivity index (χ1v) is 11.9. The Morgan fingerprint density at radius 3 is 2.30 bits per heavy atom. The van der Waals surface area contributed by atoms with Crippen LogP contribution in [-0.4, -0.2) is 38.3 Å². The molecule has 3 atom stereocenters. The van der Waals surface area contributed by atoms with Crippen molar-refractivity contribution in [3.63, 3.8) is 0 Å². The molecule has 3 unspecified atom stereocenters. The Morgan fingerprint density at radius 1 is 1.00 bits per heavy atom. The standard InChI is InChI=1S/C27H36N4O2/c1-7-19(4)31(20(5)8-2)25(32)17-30-24-15-10-9-14-23(24)29-26(30)21(6)28-27(33)22-13-11-12-18(3)16-22/h9-16,19-21H,7-8,17H2,1-6H3,(H,28,33). The Kier molecular flexibility index (Phi) is 7.90. The maximum atomic E-state index is 13.5. The van der Waals surface area contributed by atoms with Crippen LogP contribution < -0.4 is 5.32 Å². The summed E-state index contributed by atoms with van der Waals surface area (Å²) in [5.74, 6) is 0.594. The minimum absolute atomic E-state index is 0.0697. The Morgan fingerprint density at radius 2 is 1.67 bits per heavy atom. The molecule has 1 N–H and O–H groups in total. The molecule has 176 valence electrons. The molecule has 0 aliphatic rings. The van der Waals surface area contributed by atoms with E-state index < -0.39 is 0 Å². The molecule has 2 aromatic carbocycles. The summed E-state index contributed by atoms with van der Waals surface area (Å²) in [7, 11) is 0. The van der Waals surface area contributed by atoms with E-state index in [1.54, 1.807) is 6.07 Å². The Hall–Kier alpha value is -3.15. The van der Waals surface area contributed by atoms with Gasteiger partial charge in [-0.2, -0.15) is 0 Å². The monoisotopic (exact) mass is 448 g/mol. The summed E-state index contributed by atoms with van der Waals surface area (Å²) in [5.41, 5.74) is 3.35. The third-order valence-electron chi connectivity index (χ3n) is 6.41. The first-order valence-electron chi connectivity index (χ1n) is 11.9. The average Bonchev–Trinajstić information content (AvgIpc) is 3.17. The number of imidazole rings is 1. The van der Waals surface area contributed by atoms with Crippen LogP contribution in [0.5, 0.6) is 0 Å². The lowest BCUT2D eigenvalue weighted by Crippen LogP contribution is -2.46. The molecule has 6 nitrogen and oxygen atoms in total. The minimum atomic E-state index is -0.362. The summed E-state index contributed by atoms with van der Waals surface area (Å²) in [4.78, 5) is 33.2. The number of aryl methyl sites for hydroxylation is 1. The predicted octanol–water partition coefficient (Wildman–Crippen LogP) is 5.26. The third-order valence-corrected chi connectivity index (χ3v) is 6.41. The molecule has 0 saturated heterocycles. The van der Waals surface area contributed by atoms with Crippen molar-refractivity contribution >= 4 is 22.8 Å². The fraction of sp³-hybridized carbons (Fsp3) is 0.444. The van der Waals surface area contributed by atoms with Crippen molar-refractivity contribution in [2.24, 2.45) is 0 Å². The zero-order valence-electron chi connectivity index (χ0n) is 20.6. The second-order valence-electron chi connectivity index (χ2n) is 8.93. The summed E-state index contributed by atoms with van der Waals surface area (Å²) in [6.07, 6.45) is 1.80. The summed E-state index contributed by atoms with van der Waals surface area (Å²) < 4.78 is 1.95. The molecule has 0 aliphatic heterocycles. The number of nitrogens with one attached hydrogen (secondary N) is 1. The van der Waals surface area contributed by atoms with Gasteiger partial charge in [-0.3, -0.25) is 9.59 Å². The van der Waals surface area contributed by atoms with Gasteiger partial charge in [-0.05, 0) is 64.8 Å². The SMILES string of the molecule is CCC(C)N(C(=O)Cn1c(C(C)NC(=O)c2cccc(C)c2)nc2ccccc21)C(C)CC. The van der Waals surface area contributed by atoms with Crippen molar-refractivity contribution in [3.05, 3.63) is 65.5 Å². The van der Waals surface area contributed by atoms with Crippen molar-refractivity contribution in [3.8, 4) is 0 Å². The lowest BCUT2D eigenvalue weighted by atomic mass is 10.1. The van der Waals surface area contributed by atoms with E-state index in [0.29, 0.717) is 11.4 Å². The van der Waals surface area contributed by atoms with Gasteiger partial charge in [0.05, 0.1) is 17.1 Å². The number of amides is 2. The smallest absolute Gasteiger partial charge is 0.251 e. The van der Waals surface area contributed by atoms with Gasteiger partial charge in [0.25, 0.3) is 5.91 Å². The number of fused-ring (bicyclic) bond motifs is 1. The van der Waals surface area contributed by atoms with Gasteiger partial charge < -0.3 is 14.8 Å². The van der Waals surface area contributed by atoms with E-state index in [0.717, 1.165) is 29.4 Å². The Labute approximate surface area is 197 Å². The first kappa shape index (κ1) is 24.5. The van der Waals surface area contributed by atoms with Crippen LogP contribution in [0.1, 0.15) is 75.2 Å². The van der Waals surface area contributed by atoms with Crippen LogP contribution in [-0.2, 0) is 11.3 Å². The van der Waals surface area contributed by atoms with Gasteiger partial charge in [-0.1, -0.05) is 43.7 Å². The highest BCUT2D eigenvalue weighted by atomic mass is 16.2. The van der Waals surface area contributed by atoms with Crippen molar-refractivity contribution in [1.29, 1.82) is 0 Å². The van der Waals surface area contributed by atoms with Crippen molar-refractivity contribution in [2.75, 3.05) is 0 Å². The van der Waals surface area contributed by atoms with Crippen molar-refractivity contribution in [2.45, 2.75) is 79.1 Å². The van der Waals surface area contributed by atoms with Gasteiger partial charge in [0.1, 0.15) is 12.4 Å². The number of hydrogen-bond donors (Lipinski definition) is 1. The lowest BCUT2D eigenvalue weighted by Gasteiger charge is -2.34. The number of aromatic nitrogens is 2. The fourth-order valence-corrected chi connectivity index (χ4v) is 4.26. The summed E-state index contributed by atoms with van der Waals surface area (Å²) >= 11 is 0. The summed E-state index contributed by atoms with van der Waals surface area (Å²) in [6.45, 7) is 12.5. The van der Waals surface area contributed by atoms with Crippen LogP contribution in [0.25, 0.3) is 11.0 Å². The van der Waals surface area contributed by atoms with Crippen molar-refractivity contribution < 1.29 is 9.59 Å². The van der Waals surface area contributed by atoms with Gasteiger partial charge in [-0.25, -0.2) is 4.98 Å². The predicted molar refractivity (Wildman–Crippen MR) is 133 cm³/mol. The number of carbonyl (C=O) groups is 2. The average molecular weight is 449 g/mol. The first-order chi connectivity index (χ1) is 15.8. The number of benzene rings is 2. The maximum absolute atomic E-state index is 13.5. The molecule has 3 aromatic rings. The zero-order chi connectivity index (χ0) is 24.1. The maximum Gasteiger partial charge on any atom is 0.251 e. The lowest BCUT2D eigenvalue weighted by molar-refractivity contribution is -0.136. The van der Waals surface area contributed by atoms with E-state index in [9.17, 15) is 9.59 Å². The highest BCUT2D eigenvalue weighted by Crippen LogP contribution is 2.23. The Balaban J connectivity index is 1.93. The number of rotatable bonds is 9. The van der Waals surface area contributed by atoms with E-state index in [1.165, 1.54) is 0 Å². The van der Waals surface area contributed by atoms with E-state index in [-0.39, 0.29) is 36.5 Å². The fourth-order valence-electron chi connectivity index (χ4n) is 4.26. The molecule has 33 heavy (non-hydrogen) atoms. The zero-order valence-corrected chi connectivity index (χ0v) is 20.6.